The van der Waals surface area contributed by atoms with Crippen molar-refractivity contribution in [1.29, 1.82) is 0 Å². The fourth-order valence-corrected chi connectivity index (χ4v) is 1.99. The maximum atomic E-state index is 13.6. The lowest BCUT2D eigenvalue weighted by Gasteiger charge is -2.02. The van der Waals surface area contributed by atoms with Crippen molar-refractivity contribution in [1.82, 2.24) is 5.32 Å². The molecule has 1 N–H and O–H groups in total. The maximum Gasteiger partial charge on any atom is 0.137 e. The first kappa shape index (κ1) is 13.8. The van der Waals surface area contributed by atoms with E-state index < -0.39 is 0 Å². The van der Waals surface area contributed by atoms with E-state index in [0.717, 1.165) is 12.3 Å². The molecule has 0 bridgehead atoms. The fourth-order valence-electron chi connectivity index (χ4n) is 1.99. The van der Waals surface area contributed by atoms with Crippen molar-refractivity contribution in [3.05, 3.63) is 48.0 Å². The minimum absolute atomic E-state index is 0.251. The summed E-state index contributed by atoms with van der Waals surface area (Å²) >= 11 is 0. The Morgan fingerprint density at radius 2 is 1.95 bits per heavy atom. The smallest absolute Gasteiger partial charge is 0.137 e. The highest BCUT2D eigenvalue weighted by Gasteiger charge is 2.08. The van der Waals surface area contributed by atoms with Crippen LogP contribution in [0.4, 0.5) is 4.39 Å². The number of halogens is 1. The lowest BCUT2D eigenvalue weighted by molar-refractivity contribution is 0.485. The van der Waals surface area contributed by atoms with Gasteiger partial charge in [0.15, 0.2) is 0 Å². The molecule has 2 rings (SSSR count). The van der Waals surface area contributed by atoms with Gasteiger partial charge in [0.1, 0.15) is 17.3 Å². The summed E-state index contributed by atoms with van der Waals surface area (Å²) in [6.07, 6.45) is 3.64. The Morgan fingerprint density at radius 1 is 1.11 bits per heavy atom. The van der Waals surface area contributed by atoms with Crippen LogP contribution in [0.5, 0.6) is 0 Å². The molecular formula is C16H20FNO. The monoisotopic (exact) mass is 261 g/mol. The molecule has 102 valence electrons. The van der Waals surface area contributed by atoms with Gasteiger partial charge in [-0.25, -0.2) is 4.39 Å². The lowest BCUT2D eigenvalue weighted by atomic mass is 10.1. The molecule has 0 amide bonds. The second-order valence-electron chi connectivity index (χ2n) is 4.63. The summed E-state index contributed by atoms with van der Waals surface area (Å²) in [6, 6.07) is 10.4. The number of hydrogen-bond donors (Lipinski definition) is 1. The third-order valence-electron chi connectivity index (χ3n) is 3.06. The Hall–Kier alpha value is -1.61. The first-order valence-electron chi connectivity index (χ1n) is 6.85. The number of nitrogens with one attached hydrogen (secondary N) is 1. The fraction of sp³-hybridized carbons (Fsp3) is 0.375. The normalized spacial score (nSPS) is 10.8. The molecule has 0 unspecified atom stereocenters. The molecule has 0 radical (unpaired) electrons. The Kier molecular flexibility index (Phi) is 5.16. The minimum atomic E-state index is -0.251. The van der Waals surface area contributed by atoms with E-state index in [1.807, 2.05) is 18.2 Å². The number of unbranched alkanes of at least 4 members (excludes halogenated alkanes) is 2. The van der Waals surface area contributed by atoms with Gasteiger partial charge in [-0.1, -0.05) is 31.9 Å². The van der Waals surface area contributed by atoms with Crippen molar-refractivity contribution in [3.8, 4) is 11.3 Å². The van der Waals surface area contributed by atoms with Gasteiger partial charge in [0.05, 0.1) is 12.1 Å². The third-order valence-corrected chi connectivity index (χ3v) is 3.06. The lowest BCUT2D eigenvalue weighted by Crippen LogP contribution is -2.13. The number of rotatable bonds is 7. The van der Waals surface area contributed by atoms with Crippen molar-refractivity contribution < 1.29 is 8.81 Å². The molecule has 1 aromatic heterocycles. The molecule has 2 nitrogen and oxygen atoms in total. The van der Waals surface area contributed by atoms with Gasteiger partial charge < -0.3 is 9.73 Å². The van der Waals surface area contributed by atoms with Crippen molar-refractivity contribution in [2.75, 3.05) is 6.54 Å². The largest absolute Gasteiger partial charge is 0.460 e. The zero-order valence-electron chi connectivity index (χ0n) is 11.3. The summed E-state index contributed by atoms with van der Waals surface area (Å²) in [6.45, 7) is 3.87. The van der Waals surface area contributed by atoms with Gasteiger partial charge in [0.2, 0.25) is 0 Å². The van der Waals surface area contributed by atoms with Gasteiger partial charge >= 0.3 is 0 Å². The van der Waals surface area contributed by atoms with Crippen LogP contribution in [0, 0.1) is 5.82 Å². The van der Waals surface area contributed by atoms with Crippen molar-refractivity contribution in [3.63, 3.8) is 0 Å². The van der Waals surface area contributed by atoms with Crippen LogP contribution in [0.2, 0.25) is 0 Å². The van der Waals surface area contributed by atoms with E-state index in [2.05, 4.69) is 12.2 Å². The van der Waals surface area contributed by atoms with Crippen LogP contribution >= 0.6 is 0 Å². The van der Waals surface area contributed by atoms with E-state index in [1.54, 1.807) is 12.1 Å². The second-order valence-corrected chi connectivity index (χ2v) is 4.63. The molecule has 19 heavy (non-hydrogen) atoms. The second kappa shape index (κ2) is 7.10. The number of furan rings is 1. The van der Waals surface area contributed by atoms with Gasteiger partial charge in [0, 0.05) is 0 Å². The van der Waals surface area contributed by atoms with Crippen LogP contribution in [0.25, 0.3) is 11.3 Å². The summed E-state index contributed by atoms with van der Waals surface area (Å²) < 4.78 is 19.3. The molecule has 3 heteroatoms. The molecule has 2 aromatic rings. The first-order chi connectivity index (χ1) is 9.31. The molecule has 0 saturated heterocycles. The standard InChI is InChI=1S/C16H20FNO/c1-2-3-6-11-18-12-13-9-10-16(19-13)14-7-4-5-8-15(14)17/h4-5,7-10,18H,2-3,6,11-12H2,1H3. The Morgan fingerprint density at radius 3 is 2.74 bits per heavy atom. The van der Waals surface area contributed by atoms with Crippen molar-refractivity contribution in [2.45, 2.75) is 32.7 Å². The highest BCUT2D eigenvalue weighted by Crippen LogP contribution is 2.24. The molecule has 0 saturated carbocycles. The minimum Gasteiger partial charge on any atom is -0.460 e. The average molecular weight is 261 g/mol. The molecule has 0 atom stereocenters. The summed E-state index contributed by atoms with van der Waals surface area (Å²) in [7, 11) is 0. The molecule has 0 aliphatic heterocycles. The van der Waals surface area contributed by atoms with E-state index >= 15 is 0 Å². The van der Waals surface area contributed by atoms with E-state index in [0.29, 0.717) is 17.9 Å². The molecule has 0 aliphatic carbocycles. The average Bonchev–Trinajstić information content (AvgIpc) is 2.88. The number of hydrogen-bond acceptors (Lipinski definition) is 2. The summed E-state index contributed by atoms with van der Waals surface area (Å²) in [4.78, 5) is 0. The maximum absolute atomic E-state index is 13.6. The van der Waals surface area contributed by atoms with Gasteiger partial charge in [-0.15, -0.1) is 0 Å². The van der Waals surface area contributed by atoms with Crippen LogP contribution < -0.4 is 5.32 Å². The summed E-state index contributed by atoms with van der Waals surface area (Å²) in [5.74, 6) is 1.18. The van der Waals surface area contributed by atoms with E-state index in [1.165, 1.54) is 25.3 Å². The third kappa shape index (κ3) is 3.93. The van der Waals surface area contributed by atoms with Crippen LogP contribution in [-0.4, -0.2) is 6.54 Å². The Bertz CT molecular complexity index is 507. The zero-order chi connectivity index (χ0) is 13.5. The van der Waals surface area contributed by atoms with Crippen LogP contribution in [0.1, 0.15) is 31.9 Å². The highest BCUT2D eigenvalue weighted by atomic mass is 19.1. The van der Waals surface area contributed by atoms with Crippen LogP contribution in [0.3, 0.4) is 0 Å². The zero-order valence-corrected chi connectivity index (χ0v) is 11.3. The van der Waals surface area contributed by atoms with Gasteiger partial charge in [-0.05, 0) is 37.2 Å². The first-order valence-corrected chi connectivity index (χ1v) is 6.85. The molecule has 0 spiro atoms. The van der Waals surface area contributed by atoms with Crippen molar-refractivity contribution >= 4 is 0 Å². The van der Waals surface area contributed by atoms with E-state index in [-0.39, 0.29) is 5.82 Å². The van der Waals surface area contributed by atoms with Gasteiger partial charge in [-0.3, -0.25) is 0 Å². The predicted octanol–water partition coefficient (Wildman–Crippen LogP) is 4.37. The molecule has 0 aliphatic rings. The predicted molar refractivity (Wildman–Crippen MR) is 75.3 cm³/mol. The molecule has 1 aromatic carbocycles. The Balaban J connectivity index is 1.91. The van der Waals surface area contributed by atoms with Crippen LogP contribution in [0.15, 0.2) is 40.8 Å². The summed E-state index contributed by atoms with van der Waals surface area (Å²) in [5, 5.41) is 3.33. The van der Waals surface area contributed by atoms with Crippen molar-refractivity contribution in [2.24, 2.45) is 0 Å². The van der Waals surface area contributed by atoms with E-state index in [9.17, 15) is 4.39 Å². The molecule has 1 heterocycles. The van der Waals surface area contributed by atoms with E-state index in [4.69, 9.17) is 4.42 Å². The number of benzene rings is 1. The highest BCUT2D eigenvalue weighted by molar-refractivity contribution is 5.58. The topological polar surface area (TPSA) is 25.2 Å². The van der Waals surface area contributed by atoms with Gasteiger partial charge in [0.25, 0.3) is 0 Å². The van der Waals surface area contributed by atoms with Gasteiger partial charge in [-0.2, -0.15) is 0 Å². The molecule has 0 fully saturated rings. The van der Waals surface area contributed by atoms with Crippen LogP contribution in [-0.2, 0) is 6.54 Å². The Labute approximate surface area is 113 Å². The summed E-state index contributed by atoms with van der Waals surface area (Å²) in [5.41, 5.74) is 0.514. The molecular weight excluding hydrogens is 241 g/mol. The SMILES string of the molecule is CCCCCNCc1ccc(-c2ccccc2F)o1. The quantitative estimate of drug-likeness (QED) is 0.749.